The predicted molar refractivity (Wildman–Crippen MR) is 122 cm³/mol. The van der Waals surface area contributed by atoms with Crippen LogP contribution in [0.3, 0.4) is 0 Å². The lowest BCUT2D eigenvalue weighted by molar-refractivity contribution is -0.131. The van der Waals surface area contributed by atoms with Gasteiger partial charge in [-0.1, -0.05) is 6.07 Å². The van der Waals surface area contributed by atoms with Crippen molar-refractivity contribution in [2.45, 2.75) is 11.8 Å². The van der Waals surface area contributed by atoms with Crippen molar-refractivity contribution in [2.75, 3.05) is 44.7 Å². The van der Waals surface area contributed by atoms with Crippen molar-refractivity contribution in [1.29, 1.82) is 0 Å². The van der Waals surface area contributed by atoms with Gasteiger partial charge in [0.1, 0.15) is 15.9 Å². The molecule has 0 radical (unpaired) electrons. The Kier molecular flexibility index (Phi) is 6.22. The van der Waals surface area contributed by atoms with E-state index in [0.717, 1.165) is 21.7 Å². The molecule has 1 aliphatic heterocycles. The number of nitrogens with zero attached hydrogens (tertiary/aromatic N) is 5. The Bertz CT molecular complexity index is 1250. The minimum Gasteiger partial charge on any atom is -0.368 e. The lowest BCUT2D eigenvalue weighted by atomic mass is 10.1. The number of likely N-dealkylation sites (N-methyl/N-ethyl adjacent to an activating group) is 1. The van der Waals surface area contributed by atoms with Crippen LogP contribution in [0.5, 0.6) is 0 Å². The number of amides is 1. The molecule has 32 heavy (non-hydrogen) atoms. The third-order valence-corrected chi connectivity index (χ3v) is 7.94. The van der Waals surface area contributed by atoms with E-state index in [1.54, 1.807) is 29.2 Å². The van der Waals surface area contributed by atoms with Gasteiger partial charge in [0.25, 0.3) is 0 Å². The first-order chi connectivity index (χ1) is 15.3. The summed E-state index contributed by atoms with van der Waals surface area (Å²) in [5.74, 6) is -0.223. The lowest BCUT2D eigenvalue weighted by Gasteiger charge is -2.36. The Morgan fingerprint density at radius 2 is 1.72 bits per heavy atom. The standard InChI is InChI=1S/C21H23N5O4S2/c1-15(27)16-6-8-17(9-7-16)25-10-12-26(13-11-25)20(28)14-24(2)32(29,30)19-5-3-4-18-21(19)23-31-22-18/h3-9H,10-14H2,1-2H3. The van der Waals surface area contributed by atoms with E-state index in [9.17, 15) is 18.0 Å². The van der Waals surface area contributed by atoms with E-state index >= 15 is 0 Å². The van der Waals surface area contributed by atoms with Gasteiger partial charge in [0.05, 0.1) is 18.3 Å². The molecule has 1 fully saturated rings. The van der Waals surface area contributed by atoms with E-state index in [4.69, 9.17) is 0 Å². The molecule has 0 saturated carbocycles. The van der Waals surface area contributed by atoms with Gasteiger partial charge in [0, 0.05) is 44.5 Å². The zero-order valence-corrected chi connectivity index (χ0v) is 19.4. The summed E-state index contributed by atoms with van der Waals surface area (Å²) in [5.41, 5.74) is 2.49. The number of fused-ring (bicyclic) bond motifs is 1. The number of Topliss-reactive ketones (excluding diaryl/α,β-unsaturated/α-hetero) is 1. The van der Waals surface area contributed by atoms with Crippen molar-refractivity contribution >= 4 is 50.2 Å². The highest BCUT2D eigenvalue weighted by atomic mass is 32.2. The summed E-state index contributed by atoms with van der Waals surface area (Å²) in [4.78, 5) is 28.1. The Hall–Kier alpha value is -2.89. The normalized spacial score (nSPS) is 14.8. The smallest absolute Gasteiger partial charge is 0.245 e. The first-order valence-electron chi connectivity index (χ1n) is 10.1. The maximum atomic E-state index is 13.0. The molecule has 9 nitrogen and oxygen atoms in total. The highest BCUT2D eigenvalue weighted by molar-refractivity contribution is 7.89. The minimum atomic E-state index is -3.88. The Morgan fingerprint density at radius 1 is 1.03 bits per heavy atom. The third kappa shape index (κ3) is 4.36. The first-order valence-corrected chi connectivity index (χ1v) is 12.3. The quantitative estimate of drug-likeness (QED) is 0.504. The SMILES string of the molecule is CC(=O)c1ccc(N2CCN(C(=O)CN(C)S(=O)(=O)c3cccc4nsnc34)CC2)cc1. The third-order valence-electron chi connectivity index (χ3n) is 5.57. The molecule has 0 atom stereocenters. The lowest BCUT2D eigenvalue weighted by Crippen LogP contribution is -2.51. The van der Waals surface area contributed by atoms with Gasteiger partial charge in [0.15, 0.2) is 5.78 Å². The van der Waals surface area contributed by atoms with Gasteiger partial charge in [0.2, 0.25) is 15.9 Å². The second kappa shape index (κ2) is 8.93. The largest absolute Gasteiger partial charge is 0.368 e. The molecule has 1 aliphatic rings. The molecule has 11 heteroatoms. The van der Waals surface area contributed by atoms with Crippen molar-refractivity contribution in [3.05, 3.63) is 48.0 Å². The molecule has 1 saturated heterocycles. The second-order valence-electron chi connectivity index (χ2n) is 7.62. The van der Waals surface area contributed by atoms with E-state index in [2.05, 4.69) is 13.6 Å². The molecule has 0 spiro atoms. The molecule has 0 unspecified atom stereocenters. The molecular formula is C21H23N5O4S2. The van der Waals surface area contributed by atoms with E-state index in [1.165, 1.54) is 20.0 Å². The number of hydrogen-bond donors (Lipinski definition) is 0. The maximum Gasteiger partial charge on any atom is 0.245 e. The van der Waals surface area contributed by atoms with E-state index in [0.29, 0.717) is 42.8 Å². The summed E-state index contributed by atoms with van der Waals surface area (Å²) >= 11 is 0.952. The first kappa shape index (κ1) is 22.3. The molecule has 4 rings (SSSR count). The Morgan fingerprint density at radius 3 is 2.38 bits per heavy atom. The summed E-state index contributed by atoms with van der Waals surface area (Å²) in [6.07, 6.45) is 0. The number of ketones is 1. The van der Waals surface area contributed by atoms with Crippen molar-refractivity contribution < 1.29 is 18.0 Å². The summed E-state index contributed by atoms with van der Waals surface area (Å²) in [6, 6.07) is 12.2. The van der Waals surface area contributed by atoms with E-state index in [1.807, 2.05) is 12.1 Å². The summed E-state index contributed by atoms with van der Waals surface area (Å²) < 4.78 is 35.3. The second-order valence-corrected chi connectivity index (χ2v) is 10.2. The van der Waals surface area contributed by atoms with Gasteiger partial charge in [-0.2, -0.15) is 13.1 Å². The van der Waals surface area contributed by atoms with Crippen molar-refractivity contribution in [1.82, 2.24) is 18.0 Å². The number of carbonyl (C=O) groups excluding carboxylic acids is 2. The molecule has 2 heterocycles. The zero-order chi connectivity index (χ0) is 22.9. The molecular weight excluding hydrogens is 450 g/mol. The predicted octanol–water partition coefficient (Wildman–Crippen LogP) is 1.86. The number of rotatable bonds is 6. The van der Waals surface area contributed by atoms with Crippen molar-refractivity contribution in [3.8, 4) is 0 Å². The van der Waals surface area contributed by atoms with Crippen LogP contribution in [0.1, 0.15) is 17.3 Å². The highest BCUT2D eigenvalue weighted by Gasteiger charge is 2.29. The van der Waals surface area contributed by atoms with Gasteiger partial charge in [-0.3, -0.25) is 9.59 Å². The van der Waals surface area contributed by atoms with Crippen LogP contribution in [-0.2, 0) is 14.8 Å². The summed E-state index contributed by atoms with van der Waals surface area (Å²) in [7, 11) is -2.48. The van der Waals surface area contributed by atoms with Crippen LogP contribution in [0.4, 0.5) is 5.69 Å². The zero-order valence-electron chi connectivity index (χ0n) is 17.8. The van der Waals surface area contributed by atoms with Crippen LogP contribution in [0, 0.1) is 0 Å². The van der Waals surface area contributed by atoms with Crippen LogP contribution in [0.25, 0.3) is 11.0 Å². The number of carbonyl (C=O) groups is 2. The minimum absolute atomic E-state index is 0.0216. The number of anilines is 1. The van der Waals surface area contributed by atoms with Crippen LogP contribution < -0.4 is 4.90 Å². The monoisotopic (exact) mass is 473 g/mol. The summed E-state index contributed by atoms with van der Waals surface area (Å²) in [5, 5.41) is 0. The highest BCUT2D eigenvalue weighted by Crippen LogP contribution is 2.24. The van der Waals surface area contributed by atoms with Gasteiger partial charge < -0.3 is 9.80 Å². The van der Waals surface area contributed by atoms with Gasteiger partial charge in [-0.25, -0.2) is 8.42 Å². The fraction of sp³-hybridized carbons (Fsp3) is 0.333. The molecule has 1 aromatic heterocycles. The number of aromatic nitrogens is 2. The topological polar surface area (TPSA) is 104 Å². The van der Waals surface area contributed by atoms with Crippen LogP contribution in [0.15, 0.2) is 47.4 Å². The van der Waals surface area contributed by atoms with Gasteiger partial charge >= 0.3 is 0 Å². The van der Waals surface area contributed by atoms with Crippen LogP contribution in [-0.4, -0.2) is 77.8 Å². The van der Waals surface area contributed by atoms with Gasteiger partial charge in [-0.05, 0) is 43.3 Å². The number of sulfonamides is 1. The molecule has 168 valence electrons. The Balaban J connectivity index is 1.38. The van der Waals surface area contributed by atoms with Crippen molar-refractivity contribution in [2.24, 2.45) is 0 Å². The molecule has 0 aliphatic carbocycles. The van der Waals surface area contributed by atoms with E-state index < -0.39 is 10.0 Å². The summed E-state index contributed by atoms with van der Waals surface area (Å²) in [6.45, 7) is 3.53. The van der Waals surface area contributed by atoms with E-state index in [-0.39, 0.29) is 23.1 Å². The number of hydrogen-bond acceptors (Lipinski definition) is 8. The molecule has 2 aromatic carbocycles. The van der Waals surface area contributed by atoms with Crippen LogP contribution >= 0.6 is 11.7 Å². The van der Waals surface area contributed by atoms with Crippen molar-refractivity contribution in [3.63, 3.8) is 0 Å². The molecule has 0 N–H and O–H groups in total. The molecule has 0 bridgehead atoms. The number of benzene rings is 2. The molecule has 3 aromatic rings. The van der Waals surface area contributed by atoms with Gasteiger partial charge in [-0.15, -0.1) is 0 Å². The fourth-order valence-electron chi connectivity index (χ4n) is 3.65. The fourth-order valence-corrected chi connectivity index (χ4v) is 5.52. The van der Waals surface area contributed by atoms with Crippen LogP contribution in [0.2, 0.25) is 0 Å². The molecule has 1 amide bonds. The average molecular weight is 474 g/mol. The average Bonchev–Trinajstić information content (AvgIpc) is 3.28. The maximum absolute atomic E-state index is 13.0. The number of piperazine rings is 1. The Labute approximate surface area is 190 Å².